The number of nitrogens with one attached hydrogen (secondary N) is 2. The van der Waals surface area contributed by atoms with Crippen molar-refractivity contribution in [3.05, 3.63) is 29.8 Å². The fourth-order valence-corrected chi connectivity index (χ4v) is 4.11. The largest absolute Gasteiger partial charge is 0.494 e. The summed E-state index contributed by atoms with van der Waals surface area (Å²) in [5.41, 5.74) is 0.539. The summed E-state index contributed by atoms with van der Waals surface area (Å²) in [6.07, 6.45) is 3.09. The van der Waals surface area contributed by atoms with Crippen molar-refractivity contribution in [3.8, 4) is 5.75 Å². The van der Waals surface area contributed by atoms with Crippen LogP contribution in [0, 0.1) is 5.92 Å². The third-order valence-corrected chi connectivity index (χ3v) is 5.56. The molecule has 0 radical (unpaired) electrons. The molecule has 0 aromatic heterocycles. The molecule has 0 spiro atoms. The van der Waals surface area contributed by atoms with Gasteiger partial charge in [0.2, 0.25) is 5.91 Å². The molecule has 27 heavy (non-hydrogen) atoms. The molecule has 2 heterocycles. The molecule has 6 nitrogen and oxygen atoms in total. The van der Waals surface area contributed by atoms with E-state index in [9.17, 15) is 9.59 Å². The number of hydrogen-bond donors (Lipinski definition) is 2. The van der Waals surface area contributed by atoms with Gasteiger partial charge < -0.3 is 20.3 Å². The topological polar surface area (TPSA) is 70.7 Å². The predicted octanol–water partition coefficient (Wildman–Crippen LogP) is 2.19. The minimum atomic E-state index is -0.509. The third-order valence-electron chi connectivity index (χ3n) is 5.56. The lowest BCUT2D eigenvalue weighted by Gasteiger charge is -2.33. The second kappa shape index (κ2) is 8.74. The lowest BCUT2D eigenvalue weighted by Crippen LogP contribution is -2.55. The Hall–Kier alpha value is -2.08. The maximum atomic E-state index is 13.3. The van der Waals surface area contributed by atoms with E-state index < -0.39 is 6.04 Å². The van der Waals surface area contributed by atoms with E-state index in [0.29, 0.717) is 18.2 Å². The fourth-order valence-electron chi connectivity index (χ4n) is 4.11. The number of nitrogens with zero attached hydrogens (tertiary/aromatic N) is 1. The number of benzene rings is 1. The summed E-state index contributed by atoms with van der Waals surface area (Å²) in [5, 5.41) is 6.40. The number of carbonyl (C=O) groups excluding carboxylic acids is 2. The summed E-state index contributed by atoms with van der Waals surface area (Å²) in [5.74, 6) is 0.602. The molecule has 3 atom stereocenters. The van der Waals surface area contributed by atoms with Crippen molar-refractivity contribution >= 4 is 11.8 Å². The number of rotatable bonds is 6. The van der Waals surface area contributed by atoms with Crippen LogP contribution in [0.2, 0.25) is 0 Å². The molecule has 1 aromatic carbocycles. The Balaban J connectivity index is 1.71. The lowest BCUT2D eigenvalue weighted by atomic mass is 10.0. The normalized spacial score (nSPS) is 23.0. The molecule has 0 saturated carbocycles. The fraction of sp³-hybridized carbons (Fsp3) is 0.619. The number of amides is 2. The van der Waals surface area contributed by atoms with Crippen molar-refractivity contribution in [1.29, 1.82) is 0 Å². The van der Waals surface area contributed by atoms with Gasteiger partial charge in [0, 0.05) is 24.2 Å². The zero-order valence-electron chi connectivity index (χ0n) is 16.5. The first-order chi connectivity index (χ1) is 13.0. The van der Waals surface area contributed by atoms with E-state index in [1.165, 1.54) is 0 Å². The summed E-state index contributed by atoms with van der Waals surface area (Å²) in [6.45, 7) is 8.28. The minimum absolute atomic E-state index is 0.0276. The van der Waals surface area contributed by atoms with E-state index in [1.807, 2.05) is 25.7 Å². The number of ether oxygens (including phenoxy) is 1. The lowest BCUT2D eigenvalue weighted by molar-refractivity contribution is -0.137. The molecular weight excluding hydrogens is 342 g/mol. The van der Waals surface area contributed by atoms with Crippen molar-refractivity contribution in [1.82, 2.24) is 15.5 Å². The highest BCUT2D eigenvalue weighted by Crippen LogP contribution is 2.29. The number of hydrogen-bond acceptors (Lipinski definition) is 4. The molecule has 3 rings (SSSR count). The number of carbonyl (C=O) groups is 2. The Morgan fingerprint density at radius 3 is 2.56 bits per heavy atom. The zero-order valence-corrected chi connectivity index (χ0v) is 16.5. The molecule has 6 heteroatoms. The van der Waals surface area contributed by atoms with Gasteiger partial charge >= 0.3 is 0 Å². The average molecular weight is 373 g/mol. The second-order valence-corrected chi connectivity index (χ2v) is 7.78. The van der Waals surface area contributed by atoms with Gasteiger partial charge in [-0.15, -0.1) is 0 Å². The van der Waals surface area contributed by atoms with Crippen molar-refractivity contribution in [2.24, 2.45) is 5.92 Å². The minimum Gasteiger partial charge on any atom is -0.494 e. The van der Waals surface area contributed by atoms with Crippen LogP contribution in [0.3, 0.4) is 0 Å². The molecule has 2 aliphatic heterocycles. The molecule has 3 unspecified atom stereocenters. The Kier molecular flexibility index (Phi) is 6.37. The summed E-state index contributed by atoms with van der Waals surface area (Å²) < 4.78 is 5.42. The summed E-state index contributed by atoms with van der Waals surface area (Å²) in [6, 6.07) is 7.07. The molecule has 1 aromatic rings. The van der Waals surface area contributed by atoms with Crippen LogP contribution in [0.5, 0.6) is 5.75 Å². The molecule has 2 aliphatic rings. The van der Waals surface area contributed by atoms with Crippen LogP contribution >= 0.6 is 0 Å². The summed E-state index contributed by atoms with van der Waals surface area (Å²) in [4.78, 5) is 28.1. The third kappa shape index (κ3) is 4.43. The van der Waals surface area contributed by atoms with Crippen LogP contribution in [0.25, 0.3) is 0 Å². The van der Waals surface area contributed by atoms with Gasteiger partial charge in [-0.25, -0.2) is 0 Å². The summed E-state index contributed by atoms with van der Waals surface area (Å²) in [7, 11) is 0. The van der Waals surface area contributed by atoms with Crippen molar-refractivity contribution < 1.29 is 14.3 Å². The monoisotopic (exact) mass is 373 g/mol. The van der Waals surface area contributed by atoms with Gasteiger partial charge in [0.05, 0.1) is 6.61 Å². The van der Waals surface area contributed by atoms with Crippen LogP contribution in [-0.2, 0) is 4.79 Å². The van der Waals surface area contributed by atoms with Crippen LogP contribution in [-0.4, -0.2) is 54.5 Å². The van der Waals surface area contributed by atoms with Gasteiger partial charge in [-0.3, -0.25) is 9.59 Å². The van der Waals surface area contributed by atoms with E-state index in [0.717, 1.165) is 38.1 Å². The number of fused-ring (bicyclic) bond motifs is 2. The van der Waals surface area contributed by atoms with E-state index >= 15 is 0 Å². The Morgan fingerprint density at radius 2 is 1.89 bits per heavy atom. The molecule has 2 bridgehead atoms. The molecule has 0 aliphatic carbocycles. The van der Waals surface area contributed by atoms with Gasteiger partial charge in [-0.1, -0.05) is 13.8 Å². The van der Waals surface area contributed by atoms with Crippen LogP contribution in [0.15, 0.2) is 24.3 Å². The Bertz CT molecular complexity index is 645. The molecular formula is C21H31N3O3. The highest BCUT2D eigenvalue weighted by Gasteiger charge is 2.41. The molecule has 2 N–H and O–H groups in total. The van der Waals surface area contributed by atoms with Gasteiger partial charge in [0.15, 0.2) is 0 Å². The molecule has 2 saturated heterocycles. The average Bonchev–Trinajstić information content (AvgIpc) is 2.92. The van der Waals surface area contributed by atoms with Gasteiger partial charge in [0.25, 0.3) is 5.91 Å². The van der Waals surface area contributed by atoms with Crippen molar-refractivity contribution in [2.75, 3.05) is 19.7 Å². The van der Waals surface area contributed by atoms with Gasteiger partial charge in [-0.2, -0.15) is 0 Å². The molecule has 148 valence electrons. The quantitative estimate of drug-likeness (QED) is 0.802. The van der Waals surface area contributed by atoms with E-state index in [1.54, 1.807) is 24.3 Å². The standard InChI is InChI=1S/C21H31N3O3/c1-4-27-18-9-5-15(6-10-18)20(25)23-19(14(2)3)21(26)24-16-7-8-17(24)13-22-12-11-16/h5-6,9-10,14,16-17,19,22H,4,7-8,11-13H2,1-3H3,(H,23,25). The van der Waals surface area contributed by atoms with Crippen molar-refractivity contribution in [2.45, 2.75) is 58.2 Å². The van der Waals surface area contributed by atoms with Crippen LogP contribution in [0.4, 0.5) is 0 Å². The second-order valence-electron chi connectivity index (χ2n) is 7.78. The SMILES string of the molecule is CCOc1ccc(C(=O)NC(C(=O)N2C3CCNCC2CC3)C(C)C)cc1. The van der Waals surface area contributed by atoms with E-state index in [2.05, 4.69) is 10.6 Å². The molecule has 2 fully saturated rings. The van der Waals surface area contributed by atoms with Crippen LogP contribution in [0.1, 0.15) is 50.4 Å². The van der Waals surface area contributed by atoms with E-state index in [4.69, 9.17) is 4.74 Å². The van der Waals surface area contributed by atoms with Gasteiger partial charge in [-0.05, 0) is 62.9 Å². The highest BCUT2D eigenvalue weighted by atomic mass is 16.5. The highest BCUT2D eigenvalue weighted by molar-refractivity contribution is 5.97. The first-order valence-corrected chi connectivity index (χ1v) is 10.1. The Labute approximate surface area is 161 Å². The smallest absolute Gasteiger partial charge is 0.251 e. The van der Waals surface area contributed by atoms with Crippen molar-refractivity contribution in [3.63, 3.8) is 0 Å². The summed E-state index contributed by atoms with van der Waals surface area (Å²) >= 11 is 0. The zero-order chi connectivity index (χ0) is 19.4. The first-order valence-electron chi connectivity index (χ1n) is 10.1. The maximum absolute atomic E-state index is 13.3. The van der Waals surface area contributed by atoms with E-state index in [-0.39, 0.29) is 23.8 Å². The predicted molar refractivity (Wildman–Crippen MR) is 105 cm³/mol. The van der Waals surface area contributed by atoms with Crippen LogP contribution < -0.4 is 15.4 Å². The first kappa shape index (κ1) is 19.7. The Morgan fingerprint density at radius 1 is 1.19 bits per heavy atom. The maximum Gasteiger partial charge on any atom is 0.251 e. The van der Waals surface area contributed by atoms with Gasteiger partial charge in [0.1, 0.15) is 11.8 Å². The molecule has 2 amide bonds.